The smallest absolute Gasteiger partial charge is 0.150 e. The van der Waals surface area contributed by atoms with Gasteiger partial charge in [0.15, 0.2) is 0 Å². The lowest BCUT2D eigenvalue weighted by molar-refractivity contribution is -0.133. The Balaban J connectivity index is 2.18. The summed E-state index contributed by atoms with van der Waals surface area (Å²) in [4.78, 5) is 14.4. The molecule has 0 aromatic heterocycles. The lowest BCUT2D eigenvalue weighted by atomic mass is 9.83. The quantitative estimate of drug-likeness (QED) is 0.661. The van der Waals surface area contributed by atoms with Crippen LogP contribution in [0, 0.1) is 5.92 Å². The van der Waals surface area contributed by atoms with Crippen molar-refractivity contribution in [1.29, 1.82) is 0 Å². The van der Waals surface area contributed by atoms with E-state index < -0.39 is 0 Å². The van der Waals surface area contributed by atoms with Crippen LogP contribution in [0.15, 0.2) is 0 Å². The molecule has 1 atom stereocenters. The predicted octanol–water partition coefficient (Wildman–Crippen LogP) is 2.62. The number of hydrogen-bond acceptors (Lipinski definition) is 2. The summed E-state index contributed by atoms with van der Waals surface area (Å²) in [6.45, 7) is 9.51. The Morgan fingerprint density at radius 3 is 2.40 bits per heavy atom. The standard InChI is InChI=1S/C13H23NO/c1-5-10-8-13(6-7-13)14(9-11(10)15)12(2,3)4/h10H,5-9H2,1-4H3. The van der Waals surface area contributed by atoms with Crippen LogP contribution in [0.2, 0.25) is 0 Å². The van der Waals surface area contributed by atoms with Crippen LogP contribution < -0.4 is 0 Å². The van der Waals surface area contributed by atoms with E-state index in [4.69, 9.17) is 0 Å². The third-order valence-corrected chi connectivity index (χ3v) is 4.10. The van der Waals surface area contributed by atoms with Gasteiger partial charge in [-0.15, -0.1) is 0 Å². The molecule has 0 radical (unpaired) electrons. The highest BCUT2D eigenvalue weighted by atomic mass is 16.1. The van der Waals surface area contributed by atoms with Crippen molar-refractivity contribution in [2.75, 3.05) is 6.54 Å². The molecule has 0 aromatic carbocycles. The van der Waals surface area contributed by atoms with Crippen molar-refractivity contribution < 1.29 is 4.79 Å². The number of rotatable bonds is 1. The minimum absolute atomic E-state index is 0.144. The molecule has 2 heteroatoms. The number of carbonyl (C=O) groups excluding carboxylic acids is 1. The van der Waals surface area contributed by atoms with Crippen LogP contribution in [0.1, 0.15) is 53.4 Å². The lowest BCUT2D eigenvalue weighted by Gasteiger charge is -2.46. The first-order valence-corrected chi connectivity index (χ1v) is 6.19. The second kappa shape index (κ2) is 3.31. The van der Waals surface area contributed by atoms with Gasteiger partial charge in [-0.3, -0.25) is 9.69 Å². The van der Waals surface area contributed by atoms with E-state index in [0.717, 1.165) is 12.8 Å². The molecule has 0 N–H and O–H groups in total. The van der Waals surface area contributed by atoms with Crippen molar-refractivity contribution in [3.05, 3.63) is 0 Å². The Kier molecular flexibility index (Phi) is 2.45. The third kappa shape index (κ3) is 1.84. The van der Waals surface area contributed by atoms with Gasteiger partial charge in [0.1, 0.15) is 5.78 Å². The van der Waals surface area contributed by atoms with Crippen molar-refractivity contribution in [1.82, 2.24) is 4.90 Å². The zero-order valence-corrected chi connectivity index (χ0v) is 10.5. The minimum Gasteiger partial charge on any atom is -0.298 e. The summed E-state index contributed by atoms with van der Waals surface area (Å²) in [6.07, 6.45) is 4.74. The molecule has 1 spiro atoms. The Hall–Kier alpha value is -0.370. The zero-order valence-electron chi connectivity index (χ0n) is 10.5. The molecule has 1 heterocycles. The number of likely N-dealkylation sites (tertiary alicyclic amines) is 1. The van der Waals surface area contributed by atoms with Crippen molar-refractivity contribution in [2.24, 2.45) is 5.92 Å². The average Bonchev–Trinajstić information content (AvgIpc) is 2.88. The van der Waals surface area contributed by atoms with Crippen LogP contribution in [-0.4, -0.2) is 28.3 Å². The molecule has 2 aliphatic rings. The Morgan fingerprint density at radius 2 is 2.00 bits per heavy atom. The second-order valence-electron chi connectivity index (χ2n) is 6.26. The van der Waals surface area contributed by atoms with E-state index in [1.807, 2.05) is 0 Å². The van der Waals surface area contributed by atoms with Crippen molar-refractivity contribution in [3.63, 3.8) is 0 Å². The maximum atomic E-state index is 12.0. The van der Waals surface area contributed by atoms with Crippen molar-refractivity contribution in [3.8, 4) is 0 Å². The van der Waals surface area contributed by atoms with Gasteiger partial charge in [-0.05, 0) is 46.5 Å². The van der Waals surface area contributed by atoms with Gasteiger partial charge in [-0.1, -0.05) is 6.92 Å². The largest absolute Gasteiger partial charge is 0.298 e. The molecule has 1 aliphatic carbocycles. The summed E-state index contributed by atoms with van der Waals surface area (Å²) in [6, 6.07) is 0. The first-order chi connectivity index (χ1) is 6.89. The summed E-state index contributed by atoms with van der Waals surface area (Å²) < 4.78 is 0. The van der Waals surface area contributed by atoms with Crippen LogP contribution in [0.4, 0.5) is 0 Å². The van der Waals surface area contributed by atoms with Gasteiger partial charge in [-0.25, -0.2) is 0 Å². The lowest BCUT2D eigenvalue weighted by Crippen LogP contribution is -2.57. The Bertz CT molecular complexity index is 273. The zero-order chi connectivity index (χ0) is 11.3. The van der Waals surface area contributed by atoms with Gasteiger partial charge < -0.3 is 0 Å². The van der Waals surface area contributed by atoms with Crippen molar-refractivity contribution in [2.45, 2.75) is 64.5 Å². The van der Waals surface area contributed by atoms with Crippen LogP contribution in [0.3, 0.4) is 0 Å². The van der Waals surface area contributed by atoms with Crippen molar-refractivity contribution >= 4 is 5.78 Å². The fraction of sp³-hybridized carbons (Fsp3) is 0.923. The second-order valence-corrected chi connectivity index (χ2v) is 6.26. The van der Waals surface area contributed by atoms with Gasteiger partial charge in [-0.2, -0.15) is 0 Å². The van der Waals surface area contributed by atoms with Crippen LogP contribution >= 0.6 is 0 Å². The molecule has 1 saturated carbocycles. The normalized spacial score (nSPS) is 30.9. The van der Waals surface area contributed by atoms with E-state index in [-0.39, 0.29) is 5.54 Å². The highest BCUT2D eigenvalue weighted by molar-refractivity contribution is 5.84. The molecule has 0 bridgehead atoms. The van der Waals surface area contributed by atoms with E-state index in [9.17, 15) is 4.79 Å². The molecule has 0 aromatic rings. The Labute approximate surface area is 93.0 Å². The van der Waals surface area contributed by atoms with Gasteiger partial charge >= 0.3 is 0 Å². The molecular weight excluding hydrogens is 186 g/mol. The third-order valence-electron chi connectivity index (χ3n) is 4.10. The van der Waals surface area contributed by atoms with Crippen LogP contribution in [0.25, 0.3) is 0 Å². The molecule has 86 valence electrons. The topological polar surface area (TPSA) is 20.3 Å². The van der Waals surface area contributed by atoms with Crippen LogP contribution in [-0.2, 0) is 4.79 Å². The van der Waals surface area contributed by atoms with Gasteiger partial charge in [0.25, 0.3) is 0 Å². The number of Topliss-reactive ketones (excluding diaryl/α,β-unsaturated/α-hetero) is 1. The fourth-order valence-corrected chi connectivity index (χ4v) is 3.07. The van der Waals surface area contributed by atoms with Gasteiger partial charge in [0.2, 0.25) is 0 Å². The Morgan fingerprint density at radius 1 is 1.40 bits per heavy atom. The van der Waals surface area contributed by atoms with Crippen LogP contribution in [0.5, 0.6) is 0 Å². The molecule has 2 rings (SSSR count). The highest BCUT2D eigenvalue weighted by Gasteiger charge is 2.55. The number of hydrogen-bond donors (Lipinski definition) is 0. The van der Waals surface area contributed by atoms with E-state index in [1.54, 1.807) is 0 Å². The number of nitrogens with zero attached hydrogens (tertiary/aromatic N) is 1. The molecule has 2 fully saturated rings. The summed E-state index contributed by atoms with van der Waals surface area (Å²) in [5.74, 6) is 0.802. The number of carbonyl (C=O) groups is 1. The van der Waals surface area contributed by atoms with E-state index in [2.05, 4.69) is 32.6 Å². The molecule has 2 nitrogen and oxygen atoms in total. The van der Waals surface area contributed by atoms with E-state index >= 15 is 0 Å². The highest BCUT2D eigenvalue weighted by Crippen LogP contribution is 2.52. The molecule has 1 saturated heterocycles. The van der Waals surface area contributed by atoms with E-state index in [1.165, 1.54) is 12.8 Å². The molecule has 0 amide bonds. The molecule has 1 aliphatic heterocycles. The number of piperidine rings is 1. The number of ketones is 1. The summed E-state index contributed by atoms with van der Waals surface area (Å²) >= 11 is 0. The summed E-state index contributed by atoms with van der Waals surface area (Å²) in [7, 11) is 0. The van der Waals surface area contributed by atoms with E-state index in [0.29, 0.717) is 23.8 Å². The maximum absolute atomic E-state index is 12.0. The summed E-state index contributed by atoms with van der Waals surface area (Å²) in [5.41, 5.74) is 0.539. The molecule has 15 heavy (non-hydrogen) atoms. The monoisotopic (exact) mass is 209 g/mol. The maximum Gasteiger partial charge on any atom is 0.150 e. The average molecular weight is 209 g/mol. The summed E-state index contributed by atoms with van der Waals surface area (Å²) in [5, 5.41) is 0. The fourth-order valence-electron chi connectivity index (χ4n) is 3.07. The molecule has 1 unspecified atom stereocenters. The SMILES string of the molecule is CCC1CC2(CC2)N(C(C)(C)C)CC1=O. The van der Waals surface area contributed by atoms with Gasteiger partial charge in [0.05, 0.1) is 6.54 Å². The minimum atomic E-state index is 0.144. The first-order valence-electron chi connectivity index (χ1n) is 6.19. The van der Waals surface area contributed by atoms with Gasteiger partial charge in [0, 0.05) is 17.0 Å². The predicted molar refractivity (Wildman–Crippen MR) is 61.8 cm³/mol. The first kappa shape index (κ1) is 11.1. The molecular formula is C13H23NO.